The summed E-state index contributed by atoms with van der Waals surface area (Å²) < 4.78 is 5.37. The molecule has 0 aromatic carbocycles. The molecule has 1 aliphatic rings. The van der Waals surface area contributed by atoms with Crippen LogP contribution >= 0.6 is 0 Å². The van der Waals surface area contributed by atoms with Gasteiger partial charge in [-0.2, -0.15) is 0 Å². The number of carbonyl (C=O) groups is 2. The van der Waals surface area contributed by atoms with E-state index < -0.39 is 5.60 Å². The highest BCUT2D eigenvalue weighted by Crippen LogP contribution is 2.11. The number of ether oxygens (including phenoxy) is 1. The van der Waals surface area contributed by atoms with Gasteiger partial charge in [0.2, 0.25) is 0 Å². The van der Waals surface area contributed by atoms with Crippen molar-refractivity contribution in [1.29, 1.82) is 0 Å². The number of carbonyl (C=O) groups excluding carboxylic acids is 2. The molecule has 7 heteroatoms. The molecule has 0 atom stereocenters. The molecule has 0 aromatic heterocycles. The Labute approximate surface area is 133 Å². The second-order valence-corrected chi connectivity index (χ2v) is 6.49. The Morgan fingerprint density at radius 3 is 2.18 bits per heavy atom. The van der Waals surface area contributed by atoms with Crippen LogP contribution in [0.15, 0.2) is 0 Å². The summed E-state index contributed by atoms with van der Waals surface area (Å²) in [5, 5.41) is 5.61. The molecule has 0 spiro atoms. The minimum atomic E-state index is -0.454. The molecule has 0 aromatic rings. The van der Waals surface area contributed by atoms with Crippen molar-refractivity contribution < 1.29 is 14.3 Å². The van der Waals surface area contributed by atoms with Crippen molar-refractivity contribution in [2.24, 2.45) is 0 Å². The van der Waals surface area contributed by atoms with Crippen molar-refractivity contribution >= 4 is 12.1 Å². The standard InChI is InChI=1S/C15H30N4O3/c1-5-6-16-13(20)17-7-8-18-9-11-19(12-10-18)14(21)22-15(2,3)4/h5-12H2,1-4H3,(H2,16,17,20). The van der Waals surface area contributed by atoms with Crippen molar-refractivity contribution in [3.8, 4) is 0 Å². The van der Waals surface area contributed by atoms with Crippen LogP contribution in [0.4, 0.5) is 9.59 Å². The van der Waals surface area contributed by atoms with Gasteiger partial charge in [0, 0.05) is 45.8 Å². The molecule has 1 fully saturated rings. The first kappa shape index (κ1) is 18.5. The van der Waals surface area contributed by atoms with Crippen molar-refractivity contribution in [1.82, 2.24) is 20.4 Å². The van der Waals surface area contributed by atoms with E-state index in [1.807, 2.05) is 27.7 Å². The zero-order chi connectivity index (χ0) is 16.6. The summed E-state index contributed by atoms with van der Waals surface area (Å²) in [6.07, 6.45) is 0.685. The maximum atomic E-state index is 11.9. The quantitative estimate of drug-likeness (QED) is 0.801. The number of nitrogens with zero attached hydrogens (tertiary/aromatic N) is 2. The number of amides is 3. The third-order valence-corrected chi connectivity index (χ3v) is 3.27. The minimum Gasteiger partial charge on any atom is -0.444 e. The van der Waals surface area contributed by atoms with Crippen LogP contribution in [0.2, 0.25) is 0 Å². The number of hydrogen-bond acceptors (Lipinski definition) is 4. The van der Waals surface area contributed by atoms with E-state index in [1.165, 1.54) is 0 Å². The van der Waals surface area contributed by atoms with Gasteiger partial charge >= 0.3 is 12.1 Å². The number of rotatable bonds is 5. The van der Waals surface area contributed by atoms with Gasteiger partial charge in [-0.15, -0.1) is 0 Å². The summed E-state index contributed by atoms with van der Waals surface area (Å²) in [6, 6.07) is -0.116. The smallest absolute Gasteiger partial charge is 0.410 e. The lowest BCUT2D eigenvalue weighted by atomic mass is 10.2. The average Bonchev–Trinajstić information content (AvgIpc) is 2.44. The summed E-state index contributed by atoms with van der Waals surface area (Å²) in [5.74, 6) is 0. The van der Waals surface area contributed by atoms with Crippen LogP contribution in [0.5, 0.6) is 0 Å². The van der Waals surface area contributed by atoms with Crippen LogP contribution in [-0.4, -0.2) is 73.3 Å². The fourth-order valence-electron chi connectivity index (χ4n) is 2.11. The normalized spacial score (nSPS) is 16.3. The molecule has 1 heterocycles. The van der Waals surface area contributed by atoms with E-state index in [2.05, 4.69) is 15.5 Å². The van der Waals surface area contributed by atoms with Crippen LogP contribution in [0.1, 0.15) is 34.1 Å². The van der Waals surface area contributed by atoms with E-state index in [4.69, 9.17) is 4.74 Å². The van der Waals surface area contributed by atoms with Gasteiger partial charge in [0.1, 0.15) is 5.60 Å². The fourth-order valence-corrected chi connectivity index (χ4v) is 2.11. The second-order valence-electron chi connectivity index (χ2n) is 6.49. The van der Waals surface area contributed by atoms with Crippen LogP contribution in [-0.2, 0) is 4.74 Å². The van der Waals surface area contributed by atoms with Gasteiger partial charge in [0.05, 0.1) is 0 Å². The third-order valence-electron chi connectivity index (χ3n) is 3.27. The van der Waals surface area contributed by atoms with Crippen LogP contribution < -0.4 is 10.6 Å². The van der Waals surface area contributed by atoms with Crippen LogP contribution in [0.25, 0.3) is 0 Å². The van der Waals surface area contributed by atoms with Crippen LogP contribution in [0.3, 0.4) is 0 Å². The Hall–Kier alpha value is -1.50. The van der Waals surface area contributed by atoms with E-state index in [9.17, 15) is 9.59 Å². The Balaban J connectivity index is 2.17. The number of hydrogen-bond donors (Lipinski definition) is 2. The molecule has 128 valence electrons. The van der Waals surface area contributed by atoms with Gasteiger partial charge in [-0.1, -0.05) is 6.92 Å². The van der Waals surface area contributed by atoms with Crippen LogP contribution in [0, 0.1) is 0 Å². The number of nitrogens with one attached hydrogen (secondary N) is 2. The zero-order valence-electron chi connectivity index (χ0n) is 14.3. The van der Waals surface area contributed by atoms with E-state index in [-0.39, 0.29) is 12.1 Å². The third kappa shape index (κ3) is 7.49. The van der Waals surface area contributed by atoms with Crippen molar-refractivity contribution in [2.45, 2.75) is 39.7 Å². The molecule has 7 nitrogen and oxygen atoms in total. The number of urea groups is 1. The highest BCUT2D eigenvalue weighted by molar-refractivity contribution is 5.73. The molecule has 0 radical (unpaired) electrons. The largest absolute Gasteiger partial charge is 0.444 e. The Morgan fingerprint density at radius 1 is 1.05 bits per heavy atom. The van der Waals surface area contributed by atoms with Gasteiger partial charge in [0.25, 0.3) is 0 Å². The van der Waals surface area contributed by atoms with Crippen molar-refractivity contribution in [2.75, 3.05) is 45.8 Å². The van der Waals surface area contributed by atoms with Crippen molar-refractivity contribution in [3.63, 3.8) is 0 Å². The molecular weight excluding hydrogens is 284 g/mol. The molecule has 0 saturated carbocycles. The van der Waals surface area contributed by atoms with Gasteiger partial charge in [-0.25, -0.2) is 9.59 Å². The molecule has 0 bridgehead atoms. The monoisotopic (exact) mass is 314 g/mol. The molecule has 0 unspecified atom stereocenters. The highest BCUT2D eigenvalue weighted by atomic mass is 16.6. The highest BCUT2D eigenvalue weighted by Gasteiger charge is 2.25. The molecule has 2 N–H and O–H groups in total. The molecule has 1 aliphatic heterocycles. The summed E-state index contributed by atoms with van der Waals surface area (Å²) >= 11 is 0. The van der Waals surface area contributed by atoms with E-state index >= 15 is 0 Å². The molecule has 0 aliphatic carbocycles. The summed E-state index contributed by atoms with van der Waals surface area (Å²) in [4.78, 5) is 27.3. The fraction of sp³-hybridized carbons (Fsp3) is 0.867. The maximum absolute atomic E-state index is 11.9. The van der Waals surface area contributed by atoms with Crippen molar-refractivity contribution in [3.05, 3.63) is 0 Å². The van der Waals surface area contributed by atoms with E-state index in [0.29, 0.717) is 26.2 Å². The predicted octanol–water partition coefficient (Wildman–Crippen LogP) is 1.25. The lowest BCUT2D eigenvalue weighted by molar-refractivity contribution is 0.0147. The summed E-state index contributed by atoms with van der Waals surface area (Å²) in [5.41, 5.74) is -0.454. The van der Waals surface area contributed by atoms with E-state index in [1.54, 1.807) is 4.90 Å². The first-order valence-electron chi connectivity index (χ1n) is 8.04. The first-order valence-corrected chi connectivity index (χ1v) is 8.04. The lowest BCUT2D eigenvalue weighted by Crippen LogP contribution is -2.51. The molecule has 1 rings (SSSR count). The summed E-state index contributed by atoms with van der Waals surface area (Å²) in [6.45, 7) is 12.7. The Kier molecular flexibility index (Phi) is 7.44. The van der Waals surface area contributed by atoms with E-state index in [0.717, 1.165) is 26.1 Å². The topological polar surface area (TPSA) is 73.9 Å². The Bertz CT molecular complexity index is 360. The van der Waals surface area contributed by atoms with Gasteiger partial charge in [-0.05, 0) is 27.2 Å². The molecule has 3 amide bonds. The predicted molar refractivity (Wildman–Crippen MR) is 85.9 cm³/mol. The second kappa shape index (κ2) is 8.82. The maximum Gasteiger partial charge on any atom is 0.410 e. The van der Waals surface area contributed by atoms with Gasteiger partial charge in [0.15, 0.2) is 0 Å². The minimum absolute atomic E-state index is 0.116. The molecular formula is C15H30N4O3. The SMILES string of the molecule is CCCNC(=O)NCCN1CCN(C(=O)OC(C)(C)C)CC1. The molecule has 22 heavy (non-hydrogen) atoms. The Morgan fingerprint density at radius 2 is 1.64 bits per heavy atom. The van der Waals surface area contributed by atoms with Gasteiger partial charge < -0.3 is 20.3 Å². The average molecular weight is 314 g/mol. The molecule has 1 saturated heterocycles. The zero-order valence-corrected chi connectivity index (χ0v) is 14.3. The first-order chi connectivity index (χ1) is 10.3. The number of piperazine rings is 1. The summed E-state index contributed by atoms with van der Waals surface area (Å²) in [7, 11) is 0. The lowest BCUT2D eigenvalue weighted by Gasteiger charge is -2.35. The van der Waals surface area contributed by atoms with Gasteiger partial charge in [-0.3, -0.25) is 4.90 Å².